The van der Waals surface area contributed by atoms with Crippen molar-refractivity contribution >= 4 is 17.5 Å². The number of methoxy groups -OCH3 is 1. The van der Waals surface area contributed by atoms with Crippen LogP contribution in [0.2, 0.25) is 0 Å². The first-order valence-electron chi connectivity index (χ1n) is 6.33. The van der Waals surface area contributed by atoms with Crippen LogP contribution < -0.4 is 4.74 Å². The fourth-order valence-electron chi connectivity index (χ4n) is 2.28. The molecule has 1 aromatic carbocycles. The Balaban J connectivity index is 2.43. The fraction of sp³-hybridized carbons (Fsp3) is 0.400. The van der Waals surface area contributed by atoms with Gasteiger partial charge in [-0.25, -0.2) is 4.79 Å². The summed E-state index contributed by atoms with van der Waals surface area (Å²) in [5.74, 6) is -0.965. The van der Waals surface area contributed by atoms with Crippen molar-refractivity contribution in [3.63, 3.8) is 0 Å². The number of aryl methyl sites for hydroxylation is 1. The zero-order valence-corrected chi connectivity index (χ0v) is 11.7. The lowest BCUT2D eigenvalue weighted by atomic mass is 9.89. The predicted octanol–water partition coefficient (Wildman–Crippen LogP) is 1.85. The average molecular weight is 276 g/mol. The molecule has 5 nitrogen and oxygen atoms in total. The van der Waals surface area contributed by atoms with Crippen molar-refractivity contribution in [2.75, 3.05) is 7.11 Å². The van der Waals surface area contributed by atoms with Gasteiger partial charge >= 0.3 is 5.97 Å². The highest BCUT2D eigenvalue weighted by atomic mass is 16.6. The van der Waals surface area contributed by atoms with E-state index in [2.05, 4.69) is 0 Å². The Labute approximate surface area is 116 Å². The molecule has 20 heavy (non-hydrogen) atoms. The van der Waals surface area contributed by atoms with E-state index in [4.69, 9.17) is 9.47 Å². The molecule has 0 unspecified atom stereocenters. The van der Waals surface area contributed by atoms with Crippen LogP contribution in [0.1, 0.15) is 35.7 Å². The number of fused-ring (bicyclic) bond motifs is 1. The Bertz CT molecular complexity index is 590. The zero-order valence-electron chi connectivity index (χ0n) is 11.7. The normalized spacial score (nSPS) is 20.2. The molecule has 5 heteroatoms. The van der Waals surface area contributed by atoms with Gasteiger partial charge in [-0.05, 0) is 26.0 Å². The molecule has 106 valence electrons. The van der Waals surface area contributed by atoms with Gasteiger partial charge in [-0.1, -0.05) is 11.6 Å². The molecule has 0 radical (unpaired) electrons. The maximum Gasteiger partial charge on any atom is 0.358 e. The van der Waals surface area contributed by atoms with Crippen molar-refractivity contribution in [2.45, 2.75) is 32.3 Å². The molecule has 1 aliphatic heterocycles. The van der Waals surface area contributed by atoms with E-state index < -0.39 is 17.4 Å². The third-order valence-electron chi connectivity index (χ3n) is 3.37. The molecule has 0 fully saturated rings. The smallest absolute Gasteiger partial charge is 0.358 e. The molecule has 1 aromatic rings. The van der Waals surface area contributed by atoms with Gasteiger partial charge in [0.15, 0.2) is 0 Å². The van der Waals surface area contributed by atoms with Crippen molar-refractivity contribution in [1.29, 1.82) is 0 Å². The number of hydrogen-bond donors (Lipinski definition) is 0. The lowest BCUT2D eigenvalue weighted by Gasteiger charge is -2.23. The molecular formula is C15H16O5. The summed E-state index contributed by atoms with van der Waals surface area (Å²) >= 11 is 0. The molecule has 0 amide bonds. The van der Waals surface area contributed by atoms with Gasteiger partial charge in [0.25, 0.3) is 5.60 Å². The van der Waals surface area contributed by atoms with Crippen LogP contribution in [0.5, 0.6) is 5.75 Å². The summed E-state index contributed by atoms with van der Waals surface area (Å²) in [4.78, 5) is 35.7. The minimum atomic E-state index is -1.73. The Morgan fingerprint density at radius 3 is 2.65 bits per heavy atom. The van der Waals surface area contributed by atoms with E-state index in [9.17, 15) is 14.4 Å². The fourth-order valence-corrected chi connectivity index (χ4v) is 2.28. The number of carbonyl (C=O) groups excluding carboxylic acids is 3. The summed E-state index contributed by atoms with van der Waals surface area (Å²) in [6.45, 7) is 3.25. The Hall–Kier alpha value is -2.17. The maximum atomic E-state index is 12.5. The van der Waals surface area contributed by atoms with Gasteiger partial charge in [0.2, 0.25) is 5.78 Å². The van der Waals surface area contributed by atoms with Gasteiger partial charge in [-0.2, -0.15) is 0 Å². The summed E-state index contributed by atoms with van der Waals surface area (Å²) in [5, 5.41) is 0. The van der Waals surface area contributed by atoms with E-state index in [-0.39, 0.29) is 18.6 Å². The van der Waals surface area contributed by atoms with Crippen LogP contribution in [0, 0.1) is 6.92 Å². The van der Waals surface area contributed by atoms with Gasteiger partial charge in [0.05, 0.1) is 12.7 Å². The van der Waals surface area contributed by atoms with E-state index in [1.54, 1.807) is 18.2 Å². The lowest BCUT2D eigenvalue weighted by molar-refractivity contribution is -0.154. The molecule has 1 heterocycles. The summed E-state index contributed by atoms with van der Waals surface area (Å²) in [5.41, 5.74) is -0.469. The molecule has 1 aliphatic rings. The van der Waals surface area contributed by atoms with Crippen molar-refractivity contribution in [2.24, 2.45) is 0 Å². The highest BCUT2D eigenvalue weighted by Gasteiger charge is 2.55. The van der Waals surface area contributed by atoms with Crippen LogP contribution in [0.4, 0.5) is 0 Å². The number of benzene rings is 1. The molecule has 0 bridgehead atoms. The highest BCUT2D eigenvalue weighted by Crippen LogP contribution is 2.39. The predicted molar refractivity (Wildman–Crippen MR) is 70.8 cm³/mol. The molecule has 0 saturated heterocycles. The first-order chi connectivity index (χ1) is 9.40. The standard InChI is InChI=1S/C15H16O5/c1-9-4-5-12-11(8-9)13(17)15(20-12,14(18)19-3)7-6-10(2)16/h4-5,8H,6-7H2,1-3H3/t15-/m1/s1. The van der Waals surface area contributed by atoms with Crippen LogP contribution in [-0.4, -0.2) is 30.2 Å². The molecule has 0 saturated carbocycles. The second-order valence-electron chi connectivity index (χ2n) is 4.95. The topological polar surface area (TPSA) is 69.7 Å². The molecule has 2 rings (SSSR count). The molecule has 0 aromatic heterocycles. The highest BCUT2D eigenvalue weighted by molar-refractivity contribution is 6.19. The van der Waals surface area contributed by atoms with Crippen molar-refractivity contribution < 1.29 is 23.9 Å². The van der Waals surface area contributed by atoms with Gasteiger partial charge in [0, 0.05) is 12.8 Å². The summed E-state index contributed by atoms with van der Waals surface area (Å²) in [6.07, 6.45) is 0.0649. The van der Waals surface area contributed by atoms with Gasteiger partial charge in [-0.15, -0.1) is 0 Å². The molecule has 0 N–H and O–H groups in total. The first kappa shape index (κ1) is 14.2. The number of ether oxygens (including phenoxy) is 2. The molecule has 0 spiro atoms. The van der Waals surface area contributed by atoms with Crippen molar-refractivity contribution in [3.05, 3.63) is 29.3 Å². The number of ketones is 2. The average Bonchev–Trinajstić information content (AvgIpc) is 2.70. The Morgan fingerprint density at radius 1 is 1.35 bits per heavy atom. The van der Waals surface area contributed by atoms with E-state index in [0.29, 0.717) is 11.3 Å². The minimum absolute atomic E-state index is 0.0123. The van der Waals surface area contributed by atoms with Crippen LogP contribution >= 0.6 is 0 Å². The maximum absolute atomic E-state index is 12.5. The number of hydrogen-bond acceptors (Lipinski definition) is 5. The van der Waals surface area contributed by atoms with Crippen LogP contribution in [0.15, 0.2) is 18.2 Å². The second-order valence-corrected chi connectivity index (χ2v) is 4.95. The van der Waals surface area contributed by atoms with Gasteiger partial charge in [-0.3, -0.25) is 4.79 Å². The third-order valence-corrected chi connectivity index (χ3v) is 3.37. The van der Waals surface area contributed by atoms with Crippen molar-refractivity contribution in [1.82, 2.24) is 0 Å². The number of carbonyl (C=O) groups is 3. The molecule has 0 aliphatic carbocycles. The van der Waals surface area contributed by atoms with E-state index in [0.717, 1.165) is 5.56 Å². The quantitative estimate of drug-likeness (QED) is 0.620. The monoisotopic (exact) mass is 276 g/mol. The summed E-state index contributed by atoms with van der Waals surface area (Å²) in [6, 6.07) is 5.13. The third kappa shape index (κ3) is 2.19. The first-order valence-corrected chi connectivity index (χ1v) is 6.33. The number of rotatable bonds is 4. The van der Waals surface area contributed by atoms with Crippen molar-refractivity contribution in [3.8, 4) is 5.75 Å². The Kier molecular flexibility index (Phi) is 3.61. The van der Waals surface area contributed by atoms with Gasteiger partial charge < -0.3 is 14.3 Å². The van der Waals surface area contributed by atoms with E-state index >= 15 is 0 Å². The summed E-state index contributed by atoms with van der Waals surface area (Å²) < 4.78 is 10.3. The second kappa shape index (κ2) is 5.07. The van der Waals surface area contributed by atoms with E-state index in [1.807, 2.05) is 6.92 Å². The summed E-state index contributed by atoms with van der Waals surface area (Å²) in [7, 11) is 1.20. The van der Waals surface area contributed by atoms with Gasteiger partial charge in [0.1, 0.15) is 11.5 Å². The van der Waals surface area contributed by atoms with Crippen LogP contribution in [-0.2, 0) is 14.3 Å². The Morgan fingerprint density at radius 2 is 2.05 bits per heavy atom. The SMILES string of the molecule is COC(=O)[C@]1(CCC(C)=O)Oc2ccc(C)cc2C1=O. The zero-order chi connectivity index (χ0) is 14.9. The largest absolute Gasteiger partial charge is 0.466 e. The van der Waals surface area contributed by atoms with Crippen LogP contribution in [0.25, 0.3) is 0 Å². The number of Topliss-reactive ketones (excluding diaryl/α,β-unsaturated/α-hetero) is 2. The number of esters is 1. The van der Waals surface area contributed by atoms with Crippen LogP contribution in [0.3, 0.4) is 0 Å². The lowest BCUT2D eigenvalue weighted by Crippen LogP contribution is -2.49. The van der Waals surface area contributed by atoms with E-state index in [1.165, 1.54) is 14.0 Å². The molecular weight excluding hydrogens is 260 g/mol. The minimum Gasteiger partial charge on any atom is -0.466 e. The molecule has 1 atom stereocenters.